The Morgan fingerprint density at radius 1 is 1.32 bits per heavy atom. The second-order valence-corrected chi connectivity index (χ2v) is 6.27. The van der Waals surface area contributed by atoms with Crippen LogP contribution in [0.5, 0.6) is 0 Å². The van der Waals surface area contributed by atoms with Gasteiger partial charge >= 0.3 is 6.09 Å². The highest BCUT2D eigenvalue weighted by atomic mass is 16.6. The number of ether oxygens (including phenoxy) is 1. The molecule has 0 saturated carbocycles. The maximum Gasteiger partial charge on any atom is 0.410 e. The number of hydrogen-bond acceptors (Lipinski definition) is 2. The van der Waals surface area contributed by atoms with Gasteiger partial charge in [0.05, 0.1) is 0 Å². The SMILES string of the molecule is CC(C)(C)OC(=O)N1CC[C@@H](Cc2ccccc2)C1. The van der Waals surface area contributed by atoms with Crippen molar-refractivity contribution in [1.82, 2.24) is 4.90 Å². The Morgan fingerprint density at radius 3 is 2.63 bits per heavy atom. The topological polar surface area (TPSA) is 29.5 Å². The number of likely N-dealkylation sites (tertiary alicyclic amines) is 1. The van der Waals surface area contributed by atoms with E-state index in [0.717, 1.165) is 25.9 Å². The van der Waals surface area contributed by atoms with Crippen molar-refractivity contribution in [3.8, 4) is 0 Å². The molecule has 0 bridgehead atoms. The summed E-state index contributed by atoms with van der Waals surface area (Å²) >= 11 is 0. The van der Waals surface area contributed by atoms with Gasteiger partial charge in [0.15, 0.2) is 0 Å². The van der Waals surface area contributed by atoms with Gasteiger partial charge in [0, 0.05) is 13.1 Å². The first-order valence-corrected chi connectivity index (χ1v) is 6.96. The minimum atomic E-state index is -0.408. The number of carbonyl (C=O) groups is 1. The first-order chi connectivity index (χ1) is 8.94. The van der Waals surface area contributed by atoms with Gasteiger partial charge in [-0.25, -0.2) is 4.79 Å². The summed E-state index contributed by atoms with van der Waals surface area (Å²) in [5.41, 5.74) is 0.938. The van der Waals surface area contributed by atoms with Gasteiger partial charge in [-0.2, -0.15) is 0 Å². The predicted octanol–water partition coefficient (Wildman–Crippen LogP) is 3.49. The van der Waals surface area contributed by atoms with Crippen molar-refractivity contribution < 1.29 is 9.53 Å². The van der Waals surface area contributed by atoms with Gasteiger partial charge in [-0.05, 0) is 45.1 Å². The van der Waals surface area contributed by atoms with Gasteiger partial charge in [-0.1, -0.05) is 30.3 Å². The molecule has 1 aliphatic heterocycles. The largest absolute Gasteiger partial charge is 0.444 e. The third-order valence-corrected chi connectivity index (χ3v) is 3.30. The van der Waals surface area contributed by atoms with E-state index in [9.17, 15) is 4.79 Å². The molecule has 0 unspecified atom stereocenters. The average Bonchev–Trinajstić information content (AvgIpc) is 2.77. The monoisotopic (exact) mass is 261 g/mol. The molecular formula is C16H23NO2. The first-order valence-electron chi connectivity index (χ1n) is 6.96. The Morgan fingerprint density at radius 2 is 2.00 bits per heavy atom. The van der Waals surface area contributed by atoms with Crippen LogP contribution in [0.2, 0.25) is 0 Å². The smallest absolute Gasteiger partial charge is 0.410 e. The predicted molar refractivity (Wildman–Crippen MR) is 76.1 cm³/mol. The zero-order valence-corrected chi connectivity index (χ0v) is 12.1. The maximum atomic E-state index is 12.0. The van der Waals surface area contributed by atoms with Gasteiger partial charge in [0.1, 0.15) is 5.60 Å². The van der Waals surface area contributed by atoms with Crippen molar-refractivity contribution in [2.75, 3.05) is 13.1 Å². The Hall–Kier alpha value is -1.51. The lowest BCUT2D eigenvalue weighted by Gasteiger charge is -2.24. The first kappa shape index (κ1) is 13.9. The molecule has 0 radical (unpaired) electrons. The Labute approximate surface area is 115 Å². The van der Waals surface area contributed by atoms with Crippen LogP contribution < -0.4 is 0 Å². The molecule has 1 aromatic rings. The van der Waals surface area contributed by atoms with Crippen molar-refractivity contribution in [1.29, 1.82) is 0 Å². The van der Waals surface area contributed by atoms with E-state index in [1.807, 2.05) is 31.7 Å². The third kappa shape index (κ3) is 4.27. The number of rotatable bonds is 2. The van der Waals surface area contributed by atoms with Crippen LogP contribution in [-0.4, -0.2) is 29.7 Å². The van der Waals surface area contributed by atoms with E-state index in [2.05, 4.69) is 24.3 Å². The highest BCUT2D eigenvalue weighted by molar-refractivity contribution is 5.68. The van der Waals surface area contributed by atoms with E-state index < -0.39 is 5.60 Å². The Kier molecular flexibility index (Phi) is 4.13. The summed E-state index contributed by atoms with van der Waals surface area (Å²) in [5.74, 6) is 0.551. The maximum absolute atomic E-state index is 12.0. The van der Waals surface area contributed by atoms with Crippen LogP contribution in [0.3, 0.4) is 0 Å². The molecule has 19 heavy (non-hydrogen) atoms. The van der Waals surface area contributed by atoms with Crippen LogP contribution in [0.15, 0.2) is 30.3 Å². The van der Waals surface area contributed by atoms with Gasteiger partial charge in [0.25, 0.3) is 0 Å². The van der Waals surface area contributed by atoms with Gasteiger partial charge in [-0.15, -0.1) is 0 Å². The van der Waals surface area contributed by atoms with E-state index in [1.165, 1.54) is 5.56 Å². The summed E-state index contributed by atoms with van der Waals surface area (Å²) in [6.45, 7) is 7.34. The van der Waals surface area contributed by atoms with Gasteiger partial charge in [0.2, 0.25) is 0 Å². The molecule has 1 fully saturated rings. The number of nitrogens with zero attached hydrogens (tertiary/aromatic N) is 1. The van der Waals surface area contributed by atoms with Crippen molar-refractivity contribution in [3.05, 3.63) is 35.9 Å². The number of hydrogen-bond donors (Lipinski definition) is 0. The van der Waals surface area contributed by atoms with Crippen LogP contribution >= 0.6 is 0 Å². The van der Waals surface area contributed by atoms with Gasteiger partial charge in [-0.3, -0.25) is 0 Å². The molecule has 3 heteroatoms. The highest BCUT2D eigenvalue weighted by Gasteiger charge is 2.29. The van der Waals surface area contributed by atoms with Crippen LogP contribution in [0.1, 0.15) is 32.8 Å². The molecule has 1 saturated heterocycles. The summed E-state index contributed by atoms with van der Waals surface area (Å²) < 4.78 is 5.41. The molecular weight excluding hydrogens is 238 g/mol. The second-order valence-electron chi connectivity index (χ2n) is 6.27. The van der Waals surface area contributed by atoms with E-state index in [0.29, 0.717) is 5.92 Å². The lowest BCUT2D eigenvalue weighted by Crippen LogP contribution is -2.35. The standard InChI is InChI=1S/C16H23NO2/c1-16(2,3)19-15(18)17-10-9-14(12-17)11-13-7-5-4-6-8-13/h4-8,14H,9-12H2,1-3H3/t14-/m0/s1. The molecule has 0 aromatic heterocycles. The normalized spacial score (nSPS) is 19.5. The molecule has 1 aliphatic rings. The molecule has 3 nitrogen and oxygen atoms in total. The van der Waals surface area contributed by atoms with Crippen molar-refractivity contribution in [2.45, 2.75) is 39.2 Å². The van der Waals surface area contributed by atoms with E-state index in [4.69, 9.17) is 4.74 Å². The highest BCUT2D eigenvalue weighted by Crippen LogP contribution is 2.22. The summed E-state index contributed by atoms with van der Waals surface area (Å²) in [7, 11) is 0. The van der Waals surface area contributed by atoms with Crippen LogP contribution in [0.25, 0.3) is 0 Å². The molecule has 0 spiro atoms. The summed E-state index contributed by atoms with van der Waals surface area (Å²) in [6.07, 6.45) is 1.93. The second kappa shape index (κ2) is 5.64. The lowest BCUT2D eigenvalue weighted by atomic mass is 9.99. The third-order valence-electron chi connectivity index (χ3n) is 3.30. The van der Waals surface area contributed by atoms with E-state index in [-0.39, 0.29) is 6.09 Å². The zero-order valence-electron chi connectivity index (χ0n) is 12.1. The van der Waals surface area contributed by atoms with Crippen LogP contribution in [0.4, 0.5) is 4.79 Å². The summed E-state index contributed by atoms with van der Waals surface area (Å²) in [4.78, 5) is 13.8. The van der Waals surface area contributed by atoms with Crippen molar-refractivity contribution in [2.24, 2.45) is 5.92 Å². The molecule has 1 amide bonds. The fourth-order valence-corrected chi connectivity index (χ4v) is 2.44. The van der Waals surface area contributed by atoms with Crippen molar-refractivity contribution in [3.63, 3.8) is 0 Å². The molecule has 1 heterocycles. The van der Waals surface area contributed by atoms with Crippen LogP contribution in [0, 0.1) is 5.92 Å². The molecule has 1 aromatic carbocycles. The molecule has 0 aliphatic carbocycles. The fraction of sp³-hybridized carbons (Fsp3) is 0.562. The lowest BCUT2D eigenvalue weighted by molar-refractivity contribution is 0.0288. The van der Waals surface area contributed by atoms with Crippen molar-refractivity contribution >= 4 is 6.09 Å². The number of carbonyl (C=O) groups excluding carboxylic acids is 1. The molecule has 1 atom stereocenters. The summed E-state index contributed by atoms with van der Waals surface area (Å²) in [5, 5.41) is 0. The quantitative estimate of drug-likeness (QED) is 0.815. The Balaban J connectivity index is 1.85. The average molecular weight is 261 g/mol. The minimum absolute atomic E-state index is 0.178. The molecule has 0 N–H and O–H groups in total. The number of benzene rings is 1. The fourth-order valence-electron chi connectivity index (χ4n) is 2.44. The number of amides is 1. The van der Waals surface area contributed by atoms with E-state index in [1.54, 1.807) is 0 Å². The zero-order chi connectivity index (χ0) is 13.9. The minimum Gasteiger partial charge on any atom is -0.444 e. The van der Waals surface area contributed by atoms with Crippen LogP contribution in [-0.2, 0) is 11.2 Å². The molecule has 104 valence electrons. The molecule has 2 rings (SSSR count). The van der Waals surface area contributed by atoms with E-state index >= 15 is 0 Å². The summed E-state index contributed by atoms with van der Waals surface area (Å²) in [6, 6.07) is 10.5. The Bertz CT molecular complexity index is 422. The van der Waals surface area contributed by atoms with Gasteiger partial charge < -0.3 is 9.64 Å².